The molecule has 1 atom stereocenters. The molecular formula is C16H23FN6. The smallest absolute Gasteiger partial charge is 0.187 e. The van der Waals surface area contributed by atoms with Crippen LogP contribution >= 0.6 is 0 Å². The van der Waals surface area contributed by atoms with E-state index in [0.717, 1.165) is 26.2 Å². The molecule has 0 bridgehead atoms. The monoisotopic (exact) mass is 318 g/mol. The third-order valence-electron chi connectivity index (χ3n) is 4.39. The van der Waals surface area contributed by atoms with Gasteiger partial charge in [0.15, 0.2) is 11.6 Å². The van der Waals surface area contributed by atoms with Gasteiger partial charge in [-0.25, -0.2) is 14.4 Å². The predicted molar refractivity (Wildman–Crippen MR) is 86.7 cm³/mol. The van der Waals surface area contributed by atoms with E-state index in [-0.39, 0.29) is 5.82 Å². The molecule has 2 aromatic rings. The van der Waals surface area contributed by atoms with Gasteiger partial charge in [0.1, 0.15) is 6.33 Å². The first-order chi connectivity index (χ1) is 11.1. The van der Waals surface area contributed by atoms with Crippen molar-refractivity contribution >= 4 is 5.82 Å². The van der Waals surface area contributed by atoms with Crippen molar-refractivity contribution in [2.75, 3.05) is 24.5 Å². The lowest BCUT2D eigenvalue weighted by Gasteiger charge is -2.40. The summed E-state index contributed by atoms with van der Waals surface area (Å²) in [5.41, 5.74) is 1.69. The van der Waals surface area contributed by atoms with E-state index in [4.69, 9.17) is 0 Å². The average Bonchev–Trinajstić information content (AvgIpc) is 2.95. The van der Waals surface area contributed by atoms with Gasteiger partial charge in [0.25, 0.3) is 0 Å². The summed E-state index contributed by atoms with van der Waals surface area (Å²) in [6.07, 6.45) is 5.98. The summed E-state index contributed by atoms with van der Waals surface area (Å²) in [5.74, 6) is 0.160. The van der Waals surface area contributed by atoms with Crippen molar-refractivity contribution < 1.29 is 4.39 Å². The Morgan fingerprint density at radius 1 is 1.30 bits per heavy atom. The molecule has 0 N–H and O–H groups in total. The highest BCUT2D eigenvalue weighted by Crippen LogP contribution is 2.22. The van der Waals surface area contributed by atoms with Gasteiger partial charge in [0.05, 0.1) is 11.9 Å². The molecule has 0 aliphatic carbocycles. The summed E-state index contributed by atoms with van der Waals surface area (Å²) in [5, 5.41) is 4.21. The number of halogens is 1. The zero-order valence-electron chi connectivity index (χ0n) is 13.9. The van der Waals surface area contributed by atoms with Gasteiger partial charge in [-0.1, -0.05) is 6.92 Å². The zero-order valence-corrected chi connectivity index (χ0v) is 13.9. The maximum absolute atomic E-state index is 14.4. The van der Waals surface area contributed by atoms with Crippen molar-refractivity contribution in [3.05, 3.63) is 35.8 Å². The van der Waals surface area contributed by atoms with Gasteiger partial charge in [0, 0.05) is 51.0 Å². The SMILES string of the molecule is CCc1ncnc(N2CCN(Cc3cnn(C)c3)C(C)C2)c1F. The van der Waals surface area contributed by atoms with E-state index >= 15 is 0 Å². The van der Waals surface area contributed by atoms with Crippen molar-refractivity contribution in [3.8, 4) is 0 Å². The summed E-state index contributed by atoms with van der Waals surface area (Å²) in [7, 11) is 1.92. The van der Waals surface area contributed by atoms with Gasteiger partial charge >= 0.3 is 0 Å². The largest absolute Gasteiger partial charge is 0.351 e. The second-order valence-corrected chi connectivity index (χ2v) is 6.10. The minimum atomic E-state index is -0.275. The van der Waals surface area contributed by atoms with Gasteiger partial charge < -0.3 is 4.90 Å². The molecule has 124 valence electrons. The van der Waals surface area contributed by atoms with Gasteiger partial charge in [-0.15, -0.1) is 0 Å². The first-order valence-electron chi connectivity index (χ1n) is 8.04. The summed E-state index contributed by atoms with van der Waals surface area (Å²) < 4.78 is 16.3. The van der Waals surface area contributed by atoms with Crippen LogP contribution in [0.25, 0.3) is 0 Å². The van der Waals surface area contributed by atoms with Crippen molar-refractivity contribution in [2.45, 2.75) is 32.9 Å². The maximum Gasteiger partial charge on any atom is 0.187 e. The molecule has 0 saturated carbocycles. The van der Waals surface area contributed by atoms with Gasteiger partial charge in [-0.2, -0.15) is 5.10 Å². The van der Waals surface area contributed by atoms with E-state index < -0.39 is 0 Å². The zero-order chi connectivity index (χ0) is 16.4. The molecule has 1 saturated heterocycles. The molecule has 0 aromatic carbocycles. The maximum atomic E-state index is 14.4. The van der Waals surface area contributed by atoms with Crippen LogP contribution in [0.3, 0.4) is 0 Å². The predicted octanol–water partition coefficient (Wildman–Crippen LogP) is 1.62. The van der Waals surface area contributed by atoms with E-state index in [1.54, 1.807) is 0 Å². The molecule has 1 unspecified atom stereocenters. The van der Waals surface area contributed by atoms with Crippen LogP contribution < -0.4 is 4.90 Å². The Labute approximate surface area is 135 Å². The number of rotatable bonds is 4. The molecular weight excluding hydrogens is 295 g/mol. The Balaban J connectivity index is 1.69. The Kier molecular flexibility index (Phi) is 4.56. The molecule has 1 aliphatic rings. The summed E-state index contributed by atoms with van der Waals surface area (Å²) in [4.78, 5) is 12.6. The number of hydrogen-bond acceptors (Lipinski definition) is 5. The first kappa shape index (κ1) is 15.9. The number of hydrogen-bond donors (Lipinski definition) is 0. The van der Waals surface area contributed by atoms with Crippen LogP contribution in [0.4, 0.5) is 10.2 Å². The second-order valence-electron chi connectivity index (χ2n) is 6.10. The van der Waals surface area contributed by atoms with Gasteiger partial charge in [0.2, 0.25) is 0 Å². The Morgan fingerprint density at radius 3 is 2.78 bits per heavy atom. The van der Waals surface area contributed by atoms with E-state index in [2.05, 4.69) is 26.9 Å². The average molecular weight is 318 g/mol. The lowest BCUT2D eigenvalue weighted by molar-refractivity contribution is 0.180. The molecule has 2 aromatic heterocycles. The quantitative estimate of drug-likeness (QED) is 0.857. The van der Waals surface area contributed by atoms with Crippen LogP contribution in [0.2, 0.25) is 0 Å². The number of anilines is 1. The third-order valence-corrected chi connectivity index (χ3v) is 4.39. The molecule has 0 radical (unpaired) electrons. The van der Waals surface area contributed by atoms with E-state index in [1.165, 1.54) is 11.9 Å². The fourth-order valence-electron chi connectivity index (χ4n) is 3.07. The lowest BCUT2D eigenvalue weighted by Crippen LogP contribution is -2.52. The summed E-state index contributed by atoms with van der Waals surface area (Å²) in [6, 6.07) is 0.323. The molecule has 0 amide bonds. The highest BCUT2D eigenvalue weighted by Gasteiger charge is 2.27. The van der Waals surface area contributed by atoms with E-state index in [1.807, 2.05) is 35.9 Å². The molecule has 6 nitrogen and oxygen atoms in total. The van der Waals surface area contributed by atoms with Crippen molar-refractivity contribution in [2.24, 2.45) is 7.05 Å². The Bertz CT molecular complexity index is 670. The van der Waals surface area contributed by atoms with Crippen LogP contribution in [-0.2, 0) is 20.0 Å². The number of nitrogens with zero attached hydrogens (tertiary/aromatic N) is 6. The standard InChI is InChI=1S/C16H23FN6/c1-4-14-15(17)16(19-11-18-14)23-6-5-22(12(2)8-23)10-13-7-20-21(3)9-13/h7,9,11-12H,4-6,8,10H2,1-3H3. The number of piperazine rings is 1. The topological polar surface area (TPSA) is 50.1 Å². The molecule has 0 spiro atoms. The third kappa shape index (κ3) is 3.34. The highest BCUT2D eigenvalue weighted by atomic mass is 19.1. The summed E-state index contributed by atoms with van der Waals surface area (Å²) in [6.45, 7) is 7.35. The van der Waals surface area contributed by atoms with Crippen LogP contribution in [-0.4, -0.2) is 50.3 Å². The Hall–Kier alpha value is -2.02. The van der Waals surface area contributed by atoms with Gasteiger partial charge in [-0.05, 0) is 13.3 Å². The van der Waals surface area contributed by atoms with Crippen LogP contribution in [0.15, 0.2) is 18.7 Å². The fraction of sp³-hybridized carbons (Fsp3) is 0.562. The molecule has 1 fully saturated rings. The highest BCUT2D eigenvalue weighted by molar-refractivity contribution is 5.42. The molecule has 3 rings (SSSR count). The molecule has 7 heteroatoms. The fourth-order valence-corrected chi connectivity index (χ4v) is 3.07. The minimum absolute atomic E-state index is 0.275. The van der Waals surface area contributed by atoms with E-state index in [9.17, 15) is 4.39 Å². The van der Waals surface area contributed by atoms with Crippen LogP contribution in [0.1, 0.15) is 25.1 Å². The van der Waals surface area contributed by atoms with E-state index in [0.29, 0.717) is 24.0 Å². The number of aromatic nitrogens is 4. The lowest BCUT2D eigenvalue weighted by atomic mass is 10.1. The summed E-state index contributed by atoms with van der Waals surface area (Å²) >= 11 is 0. The van der Waals surface area contributed by atoms with Crippen molar-refractivity contribution in [1.82, 2.24) is 24.6 Å². The Morgan fingerprint density at radius 2 is 2.13 bits per heavy atom. The molecule has 23 heavy (non-hydrogen) atoms. The molecule has 3 heterocycles. The van der Waals surface area contributed by atoms with Crippen molar-refractivity contribution in [3.63, 3.8) is 0 Å². The van der Waals surface area contributed by atoms with Crippen LogP contribution in [0, 0.1) is 5.82 Å². The first-order valence-corrected chi connectivity index (χ1v) is 8.04. The second kappa shape index (κ2) is 6.62. The van der Waals surface area contributed by atoms with Crippen molar-refractivity contribution in [1.29, 1.82) is 0 Å². The number of aryl methyl sites for hydroxylation is 2. The van der Waals surface area contributed by atoms with Gasteiger partial charge in [-0.3, -0.25) is 9.58 Å². The minimum Gasteiger partial charge on any atom is -0.351 e. The molecule has 1 aliphatic heterocycles. The normalized spacial score (nSPS) is 19.3. The van der Waals surface area contributed by atoms with Crippen LogP contribution in [0.5, 0.6) is 0 Å².